The summed E-state index contributed by atoms with van der Waals surface area (Å²) < 4.78 is 14.2. The third-order valence-corrected chi connectivity index (χ3v) is 5.31. The highest BCUT2D eigenvalue weighted by atomic mass is 79.9. The maximum atomic E-state index is 10.8. The minimum Gasteiger partial charge on any atom is -0.493 e. The Morgan fingerprint density at radius 3 is 2.78 bits per heavy atom. The SMILES string of the molecule is CC(OC=O)c1cn(C)c2c(Br)ccc(OCCCc3ccccc3N)c12. The predicted octanol–water partition coefficient (Wildman–Crippen LogP) is 4.77. The molecule has 5 nitrogen and oxygen atoms in total. The molecular weight excluding hydrogens is 408 g/mol. The highest BCUT2D eigenvalue weighted by Crippen LogP contribution is 2.38. The highest BCUT2D eigenvalue weighted by molar-refractivity contribution is 9.10. The molecule has 3 rings (SSSR count). The first-order chi connectivity index (χ1) is 13.0. The van der Waals surface area contributed by atoms with E-state index in [1.807, 2.05) is 61.1 Å². The van der Waals surface area contributed by atoms with Crippen LogP contribution in [0.15, 0.2) is 47.1 Å². The monoisotopic (exact) mass is 430 g/mol. The Morgan fingerprint density at radius 2 is 2.04 bits per heavy atom. The van der Waals surface area contributed by atoms with E-state index in [-0.39, 0.29) is 6.10 Å². The Kier molecular flexibility index (Phi) is 6.06. The molecule has 0 fully saturated rings. The van der Waals surface area contributed by atoms with Gasteiger partial charge in [0.25, 0.3) is 6.47 Å². The summed E-state index contributed by atoms with van der Waals surface area (Å²) in [7, 11) is 1.96. The van der Waals surface area contributed by atoms with Gasteiger partial charge in [-0.25, -0.2) is 0 Å². The van der Waals surface area contributed by atoms with Crippen LogP contribution in [0.25, 0.3) is 10.9 Å². The summed E-state index contributed by atoms with van der Waals surface area (Å²) in [6, 6.07) is 11.8. The van der Waals surface area contributed by atoms with Crippen molar-refractivity contribution in [2.75, 3.05) is 12.3 Å². The molecule has 3 aromatic rings. The zero-order chi connectivity index (χ0) is 19.4. The first-order valence-electron chi connectivity index (χ1n) is 8.85. The van der Waals surface area contributed by atoms with E-state index < -0.39 is 0 Å². The third-order valence-electron chi connectivity index (χ3n) is 4.67. The number of hydrogen-bond acceptors (Lipinski definition) is 4. The van der Waals surface area contributed by atoms with Crippen LogP contribution >= 0.6 is 15.9 Å². The standard InChI is InChI=1S/C21H23BrN2O3/c1-14(27-13-25)16-12-24(2)21-17(22)9-10-19(20(16)21)26-11-5-7-15-6-3-4-8-18(15)23/h3-4,6,8-10,12-14H,5,7,11,23H2,1-2H3. The number of fused-ring (bicyclic) bond motifs is 1. The molecule has 1 heterocycles. The molecule has 142 valence electrons. The van der Waals surface area contributed by atoms with Crippen LogP contribution in [0.4, 0.5) is 5.69 Å². The normalized spacial score (nSPS) is 12.1. The number of aromatic nitrogens is 1. The van der Waals surface area contributed by atoms with Crippen LogP contribution in [0.1, 0.15) is 30.6 Å². The Labute approximate surface area is 167 Å². The molecule has 1 atom stereocenters. The number of carbonyl (C=O) groups is 1. The molecule has 2 aromatic carbocycles. The van der Waals surface area contributed by atoms with Gasteiger partial charge in [-0.15, -0.1) is 0 Å². The van der Waals surface area contributed by atoms with Crippen molar-refractivity contribution in [2.45, 2.75) is 25.9 Å². The number of halogens is 1. The summed E-state index contributed by atoms with van der Waals surface area (Å²) in [5.74, 6) is 0.784. The van der Waals surface area contributed by atoms with E-state index in [1.165, 1.54) is 0 Å². The Bertz CT molecular complexity index is 952. The maximum absolute atomic E-state index is 10.8. The lowest BCUT2D eigenvalue weighted by atomic mass is 10.1. The number of nitrogen functional groups attached to an aromatic ring is 1. The van der Waals surface area contributed by atoms with Gasteiger partial charge in [0, 0.05) is 34.4 Å². The molecule has 2 N–H and O–H groups in total. The molecule has 0 aliphatic carbocycles. The number of rotatable bonds is 8. The van der Waals surface area contributed by atoms with E-state index in [9.17, 15) is 4.79 Å². The van der Waals surface area contributed by atoms with Crippen LogP contribution in [-0.2, 0) is 23.0 Å². The van der Waals surface area contributed by atoms with E-state index in [0.29, 0.717) is 13.1 Å². The maximum Gasteiger partial charge on any atom is 0.293 e. The van der Waals surface area contributed by atoms with Gasteiger partial charge in [0.05, 0.1) is 12.1 Å². The lowest BCUT2D eigenvalue weighted by Gasteiger charge is -2.13. The quantitative estimate of drug-likeness (QED) is 0.317. The Hall–Kier alpha value is -2.47. The number of anilines is 1. The van der Waals surface area contributed by atoms with Crippen molar-refractivity contribution in [2.24, 2.45) is 7.05 Å². The van der Waals surface area contributed by atoms with Crippen molar-refractivity contribution >= 4 is 39.0 Å². The van der Waals surface area contributed by atoms with Crippen LogP contribution < -0.4 is 10.5 Å². The fourth-order valence-electron chi connectivity index (χ4n) is 3.30. The van der Waals surface area contributed by atoms with Crippen molar-refractivity contribution in [1.29, 1.82) is 0 Å². The molecule has 0 saturated carbocycles. The van der Waals surface area contributed by atoms with Gasteiger partial charge in [0.15, 0.2) is 0 Å². The van der Waals surface area contributed by atoms with Gasteiger partial charge in [-0.1, -0.05) is 18.2 Å². The second-order valence-electron chi connectivity index (χ2n) is 6.49. The molecule has 1 unspecified atom stereocenters. The topological polar surface area (TPSA) is 66.5 Å². The average Bonchev–Trinajstić information content (AvgIpc) is 3.00. The van der Waals surface area contributed by atoms with Crippen molar-refractivity contribution in [3.05, 3.63) is 58.2 Å². The van der Waals surface area contributed by atoms with Crippen molar-refractivity contribution in [3.63, 3.8) is 0 Å². The van der Waals surface area contributed by atoms with E-state index in [4.69, 9.17) is 15.2 Å². The van der Waals surface area contributed by atoms with Gasteiger partial charge in [-0.3, -0.25) is 4.79 Å². The highest BCUT2D eigenvalue weighted by Gasteiger charge is 2.19. The molecule has 1 aromatic heterocycles. The number of nitrogens with two attached hydrogens (primary N) is 1. The molecule has 0 saturated heterocycles. The lowest BCUT2D eigenvalue weighted by molar-refractivity contribution is -0.133. The average molecular weight is 431 g/mol. The van der Waals surface area contributed by atoms with Gasteiger partial charge < -0.3 is 19.8 Å². The molecule has 0 aliphatic heterocycles. The number of carbonyl (C=O) groups excluding carboxylic acids is 1. The van der Waals surface area contributed by atoms with Crippen LogP contribution in [0, 0.1) is 0 Å². The van der Waals surface area contributed by atoms with E-state index in [2.05, 4.69) is 15.9 Å². The number of aryl methyl sites for hydroxylation is 2. The summed E-state index contributed by atoms with van der Waals surface area (Å²) in [6.45, 7) is 2.90. The fraction of sp³-hybridized carbons (Fsp3) is 0.286. The summed E-state index contributed by atoms with van der Waals surface area (Å²) in [5, 5.41) is 0.959. The lowest BCUT2D eigenvalue weighted by Crippen LogP contribution is -2.03. The molecule has 0 aliphatic rings. The van der Waals surface area contributed by atoms with E-state index >= 15 is 0 Å². The second-order valence-corrected chi connectivity index (χ2v) is 7.34. The fourth-order valence-corrected chi connectivity index (χ4v) is 3.91. The number of ether oxygens (including phenoxy) is 2. The number of hydrogen-bond donors (Lipinski definition) is 1. The predicted molar refractivity (Wildman–Crippen MR) is 111 cm³/mol. The van der Waals surface area contributed by atoms with Crippen LogP contribution in [0.5, 0.6) is 5.75 Å². The minimum absolute atomic E-state index is 0.355. The summed E-state index contributed by atoms with van der Waals surface area (Å²) >= 11 is 3.60. The Balaban J connectivity index is 1.80. The zero-order valence-electron chi connectivity index (χ0n) is 15.4. The summed E-state index contributed by atoms with van der Waals surface area (Å²) in [4.78, 5) is 10.8. The van der Waals surface area contributed by atoms with E-state index in [0.717, 1.165) is 50.8 Å². The van der Waals surface area contributed by atoms with Gasteiger partial charge in [0.1, 0.15) is 11.9 Å². The first-order valence-corrected chi connectivity index (χ1v) is 9.65. The molecule has 27 heavy (non-hydrogen) atoms. The van der Waals surface area contributed by atoms with Crippen molar-refractivity contribution in [1.82, 2.24) is 4.57 Å². The smallest absolute Gasteiger partial charge is 0.293 e. The summed E-state index contributed by atoms with van der Waals surface area (Å²) in [5.41, 5.74) is 9.88. The second kappa shape index (κ2) is 8.48. The molecule has 0 amide bonds. The largest absolute Gasteiger partial charge is 0.493 e. The number of nitrogens with zero attached hydrogens (tertiary/aromatic N) is 1. The number of para-hydroxylation sites is 1. The van der Waals surface area contributed by atoms with Crippen LogP contribution in [0.3, 0.4) is 0 Å². The minimum atomic E-state index is -0.355. The molecular formula is C21H23BrN2O3. The molecule has 0 spiro atoms. The van der Waals surface area contributed by atoms with Crippen LogP contribution in [0.2, 0.25) is 0 Å². The molecule has 0 radical (unpaired) electrons. The molecule has 0 bridgehead atoms. The summed E-state index contributed by atoms with van der Waals surface area (Å²) in [6.07, 6.45) is 3.33. The van der Waals surface area contributed by atoms with Crippen molar-refractivity contribution in [3.8, 4) is 5.75 Å². The third kappa shape index (κ3) is 4.11. The van der Waals surface area contributed by atoms with E-state index in [1.54, 1.807) is 0 Å². The van der Waals surface area contributed by atoms with Gasteiger partial charge in [0.2, 0.25) is 0 Å². The van der Waals surface area contributed by atoms with Crippen LogP contribution in [-0.4, -0.2) is 17.6 Å². The first kappa shape index (κ1) is 19.3. The van der Waals surface area contributed by atoms with Gasteiger partial charge >= 0.3 is 0 Å². The van der Waals surface area contributed by atoms with Crippen molar-refractivity contribution < 1.29 is 14.3 Å². The van der Waals surface area contributed by atoms with Gasteiger partial charge in [-0.05, 0) is 59.5 Å². The Morgan fingerprint density at radius 1 is 1.26 bits per heavy atom. The number of benzene rings is 2. The van der Waals surface area contributed by atoms with Gasteiger partial charge in [-0.2, -0.15) is 0 Å². The zero-order valence-corrected chi connectivity index (χ0v) is 17.0. The molecule has 6 heteroatoms.